The van der Waals surface area contributed by atoms with Crippen LogP contribution in [-0.4, -0.2) is 22.8 Å². The standard InChI is InChI=1S/C22H22ClN3O3/c1-29-18-10-8-16(9-11-18)20-12-13-22(28)26(25-20)14-4-7-21(27)24-15-17-5-2-3-6-19(17)23/h2-3,5-6,8-13H,4,7,14-15H2,1H3,(H,24,27). The number of carbonyl (C=O) groups excluding carboxylic acids is 1. The summed E-state index contributed by atoms with van der Waals surface area (Å²) >= 11 is 6.09. The van der Waals surface area contributed by atoms with Gasteiger partial charge in [0.1, 0.15) is 5.75 Å². The Morgan fingerprint density at radius 3 is 2.59 bits per heavy atom. The van der Waals surface area contributed by atoms with Gasteiger partial charge in [0, 0.05) is 36.2 Å². The number of aromatic nitrogens is 2. The van der Waals surface area contributed by atoms with Crippen molar-refractivity contribution < 1.29 is 9.53 Å². The minimum atomic E-state index is -0.196. The van der Waals surface area contributed by atoms with Crippen LogP contribution in [0.5, 0.6) is 5.75 Å². The van der Waals surface area contributed by atoms with Crippen LogP contribution in [0, 0.1) is 0 Å². The molecule has 1 heterocycles. The van der Waals surface area contributed by atoms with Crippen LogP contribution in [-0.2, 0) is 17.9 Å². The van der Waals surface area contributed by atoms with E-state index < -0.39 is 0 Å². The quantitative estimate of drug-likeness (QED) is 0.613. The first-order valence-electron chi connectivity index (χ1n) is 9.29. The van der Waals surface area contributed by atoms with Crippen molar-refractivity contribution in [2.45, 2.75) is 25.9 Å². The van der Waals surface area contributed by atoms with Gasteiger partial charge in [-0.3, -0.25) is 9.59 Å². The monoisotopic (exact) mass is 411 g/mol. The van der Waals surface area contributed by atoms with Crippen LogP contribution in [0.2, 0.25) is 5.02 Å². The molecule has 6 nitrogen and oxygen atoms in total. The third-order valence-corrected chi connectivity index (χ3v) is 4.83. The third-order valence-electron chi connectivity index (χ3n) is 4.46. The van der Waals surface area contributed by atoms with Gasteiger partial charge < -0.3 is 10.1 Å². The minimum Gasteiger partial charge on any atom is -0.497 e. The van der Waals surface area contributed by atoms with E-state index in [-0.39, 0.29) is 11.5 Å². The van der Waals surface area contributed by atoms with Crippen LogP contribution in [0.3, 0.4) is 0 Å². The molecule has 0 atom stereocenters. The van der Waals surface area contributed by atoms with E-state index in [1.165, 1.54) is 10.7 Å². The average Bonchev–Trinajstić information content (AvgIpc) is 2.74. The summed E-state index contributed by atoms with van der Waals surface area (Å²) in [4.78, 5) is 24.2. The summed E-state index contributed by atoms with van der Waals surface area (Å²) in [7, 11) is 1.61. The molecule has 0 bridgehead atoms. The van der Waals surface area contributed by atoms with Crippen molar-refractivity contribution in [2.24, 2.45) is 0 Å². The Morgan fingerprint density at radius 1 is 1.10 bits per heavy atom. The van der Waals surface area contributed by atoms with E-state index in [2.05, 4.69) is 10.4 Å². The molecule has 29 heavy (non-hydrogen) atoms. The molecule has 0 aliphatic carbocycles. The summed E-state index contributed by atoms with van der Waals surface area (Å²) < 4.78 is 6.55. The molecule has 0 unspecified atom stereocenters. The van der Waals surface area contributed by atoms with E-state index in [0.29, 0.717) is 36.6 Å². The van der Waals surface area contributed by atoms with Crippen molar-refractivity contribution in [1.82, 2.24) is 15.1 Å². The molecular weight excluding hydrogens is 390 g/mol. The number of hydrogen-bond donors (Lipinski definition) is 1. The number of nitrogens with zero attached hydrogens (tertiary/aromatic N) is 2. The van der Waals surface area contributed by atoms with Crippen LogP contribution in [0.15, 0.2) is 65.5 Å². The lowest BCUT2D eigenvalue weighted by molar-refractivity contribution is -0.121. The molecule has 0 aliphatic heterocycles. The molecule has 2 aromatic carbocycles. The van der Waals surface area contributed by atoms with E-state index in [4.69, 9.17) is 16.3 Å². The summed E-state index contributed by atoms with van der Waals surface area (Å²) in [6, 6.07) is 18.0. The molecule has 0 saturated carbocycles. The first-order chi connectivity index (χ1) is 14.1. The number of hydrogen-bond acceptors (Lipinski definition) is 4. The Bertz CT molecular complexity index is 1030. The van der Waals surface area contributed by atoms with Gasteiger partial charge in [-0.2, -0.15) is 5.10 Å². The second-order valence-corrected chi connectivity index (χ2v) is 6.89. The van der Waals surface area contributed by atoms with Gasteiger partial charge in [-0.25, -0.2) is 4.68 Å². The predicted molar refractivity (Wildman–Crippen MR) is 113 cm³/mol. The molecule has 0 aliphatic rings. The van der Waals surface area contributed by atoms with E-state index in [9.17, 15) is 9.59 Å². The van der Waals surface area contributed by atoms with E-state index in [1.54, 1.807) is 19.2 Å². The van der Waals surface area contributed by atoms with Gasteiger partial charge in [-0.1, -0.05) is 29.8 Å². The van der Waals surface area contributed by atoms with Gasteiger partial charge in [-0.05, 0) is 48.4 Å². The maximum absolute atomic E-state index is 12.1. The summed E-state index contributed by atoms with van der Waals surface area (Å²) in [6.45, 7) is 0.742. The van der Waals surface area contributed by atoms with Crippen molar-refractivity contribution in [3.63, 3.8) is 0 Å². The summed E-state index contributed by atoms with van der Waals surface area (Å²) in [5, 5.41) is 7.88. The molecule has 0 spiro atoms. The average molecular weight is 412 g/mol. The number of rotatable bonds is 8. The smallest absolute Gasteiger partial charge is 0.266 e. The molecular formula is C22H22ClN3O3. The van der Waals surface area contributed by atoms with Crippen molar-refractivity contribution in [3.05, 3.63) is 81.6 Å². The SMILES string of the molecule is COc1ccc(-c2ccc(=O)n(CCCC(=O)NCc3ccccc3Cl)n2)cc1. The zero-order valence-electron chi connectivity index (χ0n) is 16.1. The maximum atomic E-state index is 12.1. The second kappa shape index (κ2) is 9.89. The lowest BCUT2D eigenvalue weighted by Crippen LogP contribution is -2.25. The number of halogens is 1. The maximum Gasteiger partial charge on any atom is 0.266 e. The van der Waals surface area contributed by atoms with E-state index in [0.717, 1.165) is 16.9 Å². The Balaban J connectivity index is 1.55. The number of ether oxygens (including phenoxy) is 1. The number of aryl methyl sites for hydroxylation is 1. The first kappa shape index (κ1) is 20.6. The Labute approximate surface area is 174 Å². The van der Waals surface area contributed by atoms with Crippen molar-refractivity contribution in [3.8, 4) is 17.0 Å². The zero-order chi connectivity index (χ0) is 20.6. The highest BCUT2D eigenvalue weighted by atomic mass is 35.5. The lowest BCUT2D eigenvalue weighted by Gasteiger charge is -2.09. The molecule has 3 aromatic rings. The van der Waals surface area contributed by atoms with Crippen LogP contribution in [0.25, 0.3) is 11.3 Å². The predicted octanol–water partition coefficient (Wildman–Crippen LogP) is 3.67. The fourth-order valence-electron chi connectivity index (χ4n) is 2.84. The number of carbonyl (C=O) groups is 1. The topological polar surface area (TPSA) is 73.2 Å². The Kier molecular flexibility index (Phi) is 7.03. The molecule has 1 N–H and O–H groups in total. The number of benzene rings is 2. The minimum absolute atomic E-state index is 0.0933. The summed E-state index contributed by atoms with van der Waals surface area (Å²) in [6.07, 6.45) is 0.804. The molecule has 7 heteroatoms. The van der Waals surface area contributed by atoms with Crippen LogP contribution >= 0.6 is 11.6 Å². The van der Waals surface area contributed by atoms with Crippen LogP contribution in [0.1, 0.15) is 18.4 Å². The van der Waals surface area contributed by atoms with Crippen molar-refractivity contribution >= 4 is 17.5 Å². The third kappa shape index (κ3) is 5.68. The summed E-state index contributed by atoms with van der Waals surface area (Å²) in [5.41, 5.74) is 2.25. The van der Waals surface area contributed by atoms with Gasteiger partial charge in [-0.15, -0.1) is 0 Å². The Hall–Kier alpha value is -3.12. The Morgan fingerprint density at radius 2 is 1.86 bits per heavy atom. The fraction of sp³-hybridized carbons (Fsp3) is 0.227. The molecule has 1 amide bonds. The van der Waals surface area contributed by atoms with Gasteiger partial charge in [0.05, 0.1) is 12.8 Å². The summed E-state index contributed by atoms with van der Waals surface area (Å²) in [5.74, 6) is 0.661. The lowest BCUT2D eigenvalue weighted by atomic mass is 10.1. The van der Waals surface area contributed by atoms with Gasteiger partial charge in [0.15, 0.2) is 0 Å². The first-order valence-corrected chi connectivity index (χ1v) is 9.67. The van der Waals surface area contributed by atoms with Gasteiger partial charge in [0.25, 0.3) is 5.56 Å². The van der Waals surface area contributed by atoms with Gasteiger partial charge >= 0.3 is 0 Å². The molecule has 0 radical (unpaired) electrons. The molecule has 0 saturated heterocycles. The largest absolute Gasteiger partial charge is 0.497 e. The molecule has 0 fully saturated rings. The van der Waals surface area contributed by atoms with E-state index >= 15 is 0 Å². The highest BCUT2D eigenvalue weighted by Gasteiger charge is 2.07. The van der Waals surface area contributed by atoms with E-state index in [1.807, 2.05) is 42.5 Å². The second-order valence-electron chi connectivity index (χ2n) is 6.48. The highest BCUT2D eigenvalue weighted by Crippen LogP contribution is 2.19. The van der Waals surface area contributed by atoms with Crippen molar-refractivity contribution in [2.75, 3.05) is 7.11 Å². The van der Waals surface area contributed by atoms with Crippen LogP contribution < -0.4 is 15.6 Å². The number of amides is 1. The van der Waals surface area contributed by atoms with Gasteiger partial charge in [0.2, 0.25) is 5.91 Å². The zero-order valence-corrected chi connectivity index (χ0v) is 16.9. The van der Waals surface area contributed by atoms with Crippen LogP contribution in [0.4, 0.5) is 0 Å². The number of methoxy groups -OCH3 is 1. The molecule has 1 aromatic heterocycles. The normalized spacial score (nSPS) is 10.6. The molecule has 150 valence electrons. The van der Waals surface area contributed by atoms with Crippen molar-refractivity contribution in [1.29, 1.82) is 0 Å². The fourth-order valence-corrected chi connectivity index (χ4v) is 3.04. The number of nitrogens with one attached hydrogen (secondary N) is 1. The molecule has 3 rings (SSSR count). The highest BCUT2D eigenvalue weighted by molar-refractivity contribution is 6.31.